The molecule has 10 nitrogen and oxygen atoms in total. The van der Waals surface area contributed by atoms with Crippen LogP contribution in [0.1, 0.15) is 47.1 Å². The zero-order valence-electron chi connectivity index (χ0n) is 21.4. The third-order valence-electron chi connectivity index (χ3n) is 6.05. The van der Waals surface area contributed by atoms with Gasteiger partial charge in [-0.05, 0) is 57.5 Å². The van der Waals surface area contributed by atoms with Crippen molar-refractivity contribution < 1.29 is 14.6 Å². The monoisotopic (exact) mass is 504 g/mol. The number of pyridine rings is 2. The summed E-state index contributed by atoms with van der Waals surface area (Å²) in [7, 11) is 0. The zero-order chi connectivity index (χ0) is 26.7. The number of ether oxygens (including phenoxy) is 1. The normalized spacial score (nSPS) is 12.2. The Kier molecular flexibility index (Phi) is 7.70. The number of aryl methyl sites for hydroxylation is 2. The van der Waals surface area contributed by atoms with E-state index < -0.39 is 6.10 Å². The number of aromatic amines is 1. The van der Waals surface area contributed by atoms with Crippen LogP contribution in [0.2, 0.25) is 0 Å². The average molecular weight is 505 g/mol. The second kappa shape index (κ2) is 10.9. The summed E-state index contributed by atoms with van der Waals surface area (Å²) < 4.78 is 7.42. The van der Waals surface area contributed by atoms with Crippen LogP contribution in [0.3, 0.4) is 0 Å². The molecule has 1 aromatic carbocycles. The fraction of sp³-hybridized carbons (Fsp3) is 0.333. The molecule has 0 aliphatic carbocycles. The summed E-state index contributed by atoms with van der Waals surface area (Å²) in [5.41, 5.74) is 9.42. The number of nitrogens with one attached hydrogen (secondary N) is 2. The minimum absolute atomic E-state index is 0.0659. The molecule has 10 heteroatoms. The number of nitrogens with two attached hydrogens (primary N) is 1. The maximum atomic E-state index is 13.4. The van der Waals surface area contributed by atoms with Crippen molar-refractivity contribution in [2.45, 2.75) is 46.4 Å². The van der Waals surface area contributed by atoms with Gasteiger partial charge in [0.2, 0.25) is 0 Å². The lowest BCUT2D eigenvalue weighted by atomic mass is 10.1. The molecule has 37 heavy (non-hydrogen) atoms. The molecule has 1 amide bonds. The fourth-order valence-corrected chi connectivity index (χ4v) is 3.99. The summed E-state index contributed by atoms with van der Waals surface area (Å²) in [4.78, 5) is 33.3. The van der Waals surface area contributed by atoms with Crippen molar-refractivity contribution in [1.82, 2.24) is 25.1 Å². The first kappa shape index (κ1) is 26.1. The van der Waals surface area contributed by atoms with Crippen molar-refractivity contribution >= 4 is 16.9 Å². The molecule has 3 aromatic heterocycles. The van der Waals surface area contributed by atoms with Gasteiger partial charge in [-0.25, -0.2) is 4.98 Å². The van der Waals surface area contributed by atoms with Crippen molar-refractivity contribution in [3.05, 3.63) is 75.3 Å². The molecule has 1 unspecified atom stereocenters. The number of amides is 1. The Balaban J connectivity index is 1.70. The molecule has 0 spiro atoms. The van der Waals surface area contributed by atoms with E-state index in [-0.39, 0.29) is 37.2 Å². The predicted octanol–water partition coefficient (Wildman–Crippen LogP) is 2.61. The van der Waals surface area contributed by atoms with E-state index >= 15 is 0 Å². The van der Waals surface area contributed by atoms with Crippen LogP contribution in [0.5, 0.6) is 5.75 Å². The van der Waals surface area contributed by atoms with Gasteiger partial charge in [-0.2, -0.15) is 5.10 Å². The van der Waals surface area contributed by atoms with Gasteiger partial charge in [-0.3, -0.25) is 14.3 Å². The molecule has 4 aromatic rings. The van der Waals surface area contributed by atoms with E-state index in [1.807, 2.05) is 52.1 Å². The van der Waals surface area contributed by atoms with Crippen molar-refractivity contribution in [1.29, 1.82) is 0 Å². The summed E-state index contributed by atoms with van der Waals surface area (Å²) in [6.45, 7) is 7.91. The number of aromatic nitrogens is 4. The molecule has 0 saturated heterocycles. The highest BCUT2D eigenvalue weighted by Gasteiger charge is 2.19. The molecule has 5 N–H and O–H groups in total. The molecular formula is C27H32N6O4. The summed E-state index contributed by atoms with van der Waals surface area (Å²) >= 11 is 0. The molecule has 3 heterocycles. The first-order valence-corrected chi connectivity index (χ1v) is 12.1. The van der Waals surface area contributed by atoms with E-state index in [0.29, 0.717) is 33.6 Å². The Morgan fingerprint density at radius 1 is 1.24 bits per heavy atom. The minimum atomic E-state index is -0.766. The van der Waals surface area contributed by atoms with Crippen LogP contribution >= 0.6 is 0 Å². The molecule has 0 bridgehead atoms. The van der Waals surface area contributed by atoms with E-state index in [4.69, 9.17) is 15.5 Å². The molecular weight excluding hydrogens is 472 g/mol. The third kappa shape index (κ3) is 5.87. The molecule has 194 valence electrons. The highest BCUT2D eigenvalue weighted by molar-refractivity contribution is 6.06. The number of fused-ring (bicyclic) bond motifs is 1. The number of nitrogens with zero attached hydrogens (tertiary/aromatic N) is 3. The Morgan fingerprint density at radius 3 is 2.73 bits per heavy atom. The summed E-state index contributed by atoms with van der Waals surface area (Å²) in [6, 6.07) is 10.9. The van der Waals surface area contributed by atoms with Crippen LogP contribution in [0.4, 0.5) is 0 Å². The lowest BCUT2D eigenvalue weighted by Gasteiger charge is -2.12. The topological polar surface area (TPSA) is 148 Å². The molecule has 1 atom stereocenters. The Hall–Kier alpha value is -4.02. The number of carbonyl (C=O) groups excluding carboxylic acids is 1. The largest absolute Gasteiger partial charge is 0.491 e. The maximum Gasteiger partial charge on any atom is 0.253 e. The lowest BCUT2D eigenvalue weighted by Crippen LogP contribution is -2.28. The van der Waals surface area contributed by atoms with Crippen LogP contribution in [0.25, 0.3) is 22.3 Å². The van der Waals surface area contributed by atoms with Gasteiger partial charge < -0.3 is 25.9 Å². The van der Waals surface area contributed by atoms with Gasteiger partial charge in [0.15, 0.2) is 5.65 Å². The first-order chi connectivity index (χ1) is 17.7. The predicted molar refractivity (Wildman–Crippen MR) is 142 cm³/mol. The number of hydrogen-bond acceptors (Lipinski definition) is 7. The van der Waals surface area contributed by atoms with Crippen molar-refractivity contribution in [2.24, 2.45) is 5.73 Å². The average Bonchev–Trinajstić information content (AvgIpc) is 3.31. The quantitative estimate of drug-likeness (QED) is 0.274. The second-order valence-electron chi connectivity index (χ2n) is 9.35. The fourth-order valence-electron chi connectivity index (χ4n) is 3.99. The minimum Gasteiger partial charge on any atom is -0.491 e. The van der Waals surface area contributed by atoms with E-state index in [2.05, 4.69) is 15.4 Å². The first-order valence-electron chi connectivity index (χ1n) is 12.1. The van der Waals surface area contributed by atoms with Crippen LogP contribution < -0.4 is 21.3 Å². The van der Waals surface area contributed by atoms with Gasteiger partial charge in [0.1, 0.15) is 18.5 Å². The Bertz CT molecular complexity index is 1490. The third-order valence-corrected chi connectivity index (χ3v) is 6.05. The highest BCUT2D eigenvalue weighted by Crippen LogP contribution is 2.28. The number of benzene rings is 1. The number of aliphatic hydroxyl groups is 1. The van der Waals surface area contributed by atoms with E-state index in [1.165, 1.54) is 0 Å². The number of hydrogen-bond donors (Lipinski definition) is 4. The Labute approximate surface area is 214 Å². The number of H-pyrrole nitrogens is 1. The summed E-state index contributed by atoms with van der Waals surface area (Å²) in [6.07, 6.45) is 1.04. The second-order valence-corrected chi connectivity index (χ2v) is 9.35. The molecule has 0 fully saturated rings. The van der Waals surface area contributed by atoms with Crippen LogP contribution in [0.15, 0.2) is 47.4 Å². The lowest BCUT2D eigenvalue weighted by molar-refractivity contribution is 0.0952. The van der Waals surface area contributed by atoms with E-state index in [0.717, 1.165) is 16.8 Å². The standard InChI is InChI=1S/C27H32N6O4/c1-15(2)33-13-23-21(26(35)29-12-22-16(3)8-17(4)30-27(22)36)10-24(31-25(23)32-33)18-6-5-7-20(9-18)37-14-19(34)11-28/h5-10,13,15,19,34H,11-12,14,28H2,1-4H3,(H,29,35)(H,30,36). The van der Waals surface area contributed by atoms with E-state index in [9.17, 15) is 14.7 Å². The van der Waals surface area contributed by atoms with Crippen LogP contribution in [0, 0.1) is 13.8 Å². The van der Waals surface area contributed by atoms with Crippen molar-refractivity contribution in [3.63, 3.8) is 0 Å². The molecule has 0 aliphatic heterocycles. The van der Waals surface area contributed by atoms with Crippen molar-refractivity contribution in [3.8, 4) is 17.0 Å². The maximum absolute atomic E-state index is 13.4. The van der Waals surface area contributed by atoms with Crippen LogP contribution in [-0.4, -0.2) is 50.0 Å². The van der Waals surface area contributed by atoms with E-state index in [1.54, 1.807) is 22.9 Å². The smallest absolute Gasteiger partial charge is 0.253 e. The SMILES string of the molecule is Cc1cc(C)c(CNC(=O)c2cc(-c3cccc(OCC(O)CN)c3)nc3nn(C(C)C)cc23)c(=O)[nH]1. The van der Waals surface area contributed by atoms with Gasteiger partial charge in [0.25, 0.3) is 11.5 Å². The molecule has 0 radical (unpaired) electrons. The van der Waals surface area contributed by atoms with Gasteiger partial charge in [0, 0.05) is 42.1 Å². The summed E-state index contributed by atoms with van der Waals surface area (Å²) in [5.74, 6) is 0.203. The van der Waals surface area contributed by atoms with Gasteiger partial charge >= 0.3 is 0 Å². The number of carbonyl (C=O) groups is 1. The van der Waals surface area contributed by atoms with Gasteiger partial charge in [-0.1, -0.05) is 12.1 Å². The highest BCUT2D eigenvalue weighted by atomic mass is 16.5. The Morgan fingerprint density at radius 2 is 2.03 bits per heavy atom. The van der Waals surface area contributed by atoms with Crippen LogP contribution in [-0.2, 0) is 6.54 Å². The zero-order valence-corrected chi connectivity index (χ0v) is 21.4. The number of aliphatic hydroxyl groups excluding tert-OH is 1. The van der Waals surface area contributed by atoms with Gasteiger partial charge in [-0.15, -0.1) is 0 Å². The molecule has 4 rings (SSSR count). The molecule has 0 saturated carbocycles. The summed E-state index contributed by atoms with van der Waals surface area (Å²) in [5, 5.41) is 17.8. The van der Waals surface area contributed by atoms with Gasteiger partial charge in [0.05, 0.1) is 16.6 Å². The van der Waals surface area contributed by atoms with Crippen molar-refractivity contribution in [2.75, 3.05) is 13.2 Å². The number of rotatable bonds is 9. The molecule has 0 aliphatic rings.